The zero-order valence-electron chi connectivity index (χ0n) is 12.6. The van der Waals surface area contributed by atoms with Crippen LogP contribution >= 0.6 is 0 Å². The Bertz CT molecular complexity index is 794. The maximum Gasteiger partial charge on any atom is 0.335 e. The van der Waals surface area contributed by atoms with Gasteiger partial charge >= 0.3 is 5.97 Å². The van der Waals surface area contributed by atoms with Gasteiger partial charge in [-0.15, -0.1) is 0 Å². The molecule has 0 saturated heterocycles. The van der Waals surface area contributed by atoms with E-state index >= 15 is 0 Å². The molecule has 0 unspecified atom stereocenters. The van der Waals surface area contributed by atoms with Gasteiger partial charge in [0.05, 0.1) is 24.0 Å². The van der Waals surface area contributed by atoms with Crippen LogP contribution in [-0.4, -0.2) is 37.5 Å². The van der Waals surface area contributed by atoms with Gasteiger partial charge < -0.3 is 5.11 Å². The van der Waals surface area contributed by atoms with Gasteiger partial charge in [-0.25, -0.2) is 9.80 Å². The first kappa shape index (κ1) is 15.0. The van der Waals surface area contributed by atoms with Crippen LogP contribution in [0.2, 0.25) is 0 Å². The molecule has 2 aromatic rings. The van der Waals surface area contributed by atoms with Crippen LogP contribution in [-0.2, 0) is 18.4 Å². The van der Waals surface area contributed by atoms with Crippen molar-refractivity contribution < 1.29 is 14.7 Å². The maximum absolute atomic E-state index is 12.1. The number of aryl methyl sites for hydroxylation is 1. The van der Waals surface area contributed by atoms with Gasteiger partial charge in [0, 0.05) is 31.6 Å². The highest BCUT2D eigenvalue weighted by Gasteiger charge is 2.22. The van der Waals surface area contributed by atoms with Crippen molar-refractivity contribution in [2.45, 2.75) is 19.4 Å². The summed E-state index contributed by atoms with van der Waals surface area (Å²) in [7, 11) is 1.83. The first-order chi connectivity index (χ1) is 11.0. The Morgan fingerprint density at radius 3 is 2.87 bits per heavy atom. The van der Waals surface area contributed by atoms with E-state index < -0.39 is 5.97 Å². The molecule has 0 radical (unpaired) electrons. The molecule has 118 valence electrons. The van der Waals surface area contributed by atoms with Crippen LogP contribution in [0.4, 0.5) is 0 Å². The molecule has 23 heavy (non-hydrogen) atoms. The zero-order chi connectivity index (χ0) is 16.4. The Morgan fingerprint density at radius 1 is 1.35 bits per heavy atom. The molecule has 1 aliphatic rings. The maximum atomic E-state index is 12.1. The average Bonchev–Trinajstić information content (AvgIpc) is 2.96. The van der Waals surface area contributed by atoms with E-state index in [0.29, 0.717) is 12.8 Å². The number of carboxylic acid groups (broad SMARTS) is 1. The van der Waals surface area contributed by atoms with Gasteiger partial charge in [-0.3, -0.25) is 9.48 Å². The summed E-state index contributed by atoms with van der Waals surface area (Å²) in [5.74, 6) is -1.06. The summed E-state index contributed by atoms with van der Waals surface area (Å²) < 4.78 is 1.69. The molecule has 1 aromatic heterocycles. The average molecular weight is 312 g/mol. The summed E-state index contributed by atoms with van der Waals surface area (Å²) in [5.41, 5.74) is 2.63. The lowest BCUT2D eigenvalue weighted by molar-refractivity contribution is -0.132. The predicted octanol–water partition coefficient (Wildman–Crippen LogP) is 1.64. The molecule has 0 saturated carbocycles. The lowest BCUT2D eigenvalue weighted by atomic mass is 10.1. The standard InChI is InChI=1S/C16H16N4O3/c1-19-10-13(8-17-19)14-5-6-15(21)20(18-14)9-11-3-2-4-12(7-11)16(22)23/h2-4,7-8,10H,5-6,9H2,1H3,(H,22,23). The van der Waals surface area contributed by atoms with Crippen molar-refractivity contribution >= 4 is 17.6 Å². The van der Waals surface area contributed by atoms with Gasteiger partial charge in [-0.1, -0.05) is 12.1 Å². The van der Waals surface area contributed by atoms with Crippen molar-refractivity contribution in [1.29, 1.82) is 0 Å². The second kappa shape index (κ2) is 6.04. The fraction of sp³-hybridized carbons (Fsp3) is 0.250. The van der Waals surface area contributed by atoms with E-state index in [-0.39, 0.29) is 18.0 Å². The molecular formula is C16H16N4O3. The summed E-state index contributed by atoms with van der Waals surface area (Å²) in [5, 5.41) is 19.0. The number of carbonyl (C=O) groups excluding carboxylic acids is 1. The summed E-state index contributed by atoms with van der Waals surface area (Å²) in [6, 6.07) is 6.53. The molecule has 0 aliphatic carbocycles. The topological polar surface area (TPSA) is 87.8 Å². The van der Waals surface area contributed by atoms with Gasteiger partial charge in [0.1, 0.15) is 0 Å². The van der Waals surface area contributed by atoms with Gasteiger partial charge in [0.25, 0.3) is 0 Å². The Kier molecular flexibility index (Phi) is 3.92. The smallest absolute Gasteiger partial charge is 0.335 e. The normalized spacial score (nSPS) is 14.7. The first-order valence-corrected chi connectivity index (χ1v) is 7.22. The number of rotatable bonds is 4. The van der Waals surface area contributed by atoms with Crippen LogP contribution in [0.3, 0.4) is 0 Å². The SMILES string of the molecule is Cn1cc(C2=NN(Cc3cccc(C(=O)O)c3)C(=O)CC2)cn1. The minimum Gasteiger partial charge on any atom is -0.478 e. The van der Waals surface area contributed by atoms with Crippen molar-refractivity contribution in [3.63, 3.8) is 0 Å². The number of hydrazone groups is 1. The first-order valence-electron chi connectivity index (χ1n) is 7.22. The van der Waals surface area contributed by atoms with E-state index in [9.17, 15) is 9.59 Å². The van der Waals surface area contributed by atoms with E-state index in [1.165, 1.54) is 11.1 Å². The van der Waals surface area contributed by atoms with E-state index in [1.54, 1.807) is 29.1 Å². The largest absolute Gasteiger partial charge is 0.478 e. The lowest BCUT2D eigenvalue weighted by Gasteiger charge is -2.23. The highest BCUT2D eigenvalue weighted by molar-refractivity contribution is 6.03. The minimum absolute atomic E-state index is 0.0710. The highest BCUT2D eigenvalue weighted by atomic mass is 16.4. The third-order valence-corrected chi connectivity index (χ3v) is 3.65. The second-order valence-electron chi connectivity index (χ2n) is 5.41. The van der Waals surface area contributed by atoms with Crippen molar-refractivity contribution in [2.24, 2.45) is 12.1 Å². The Hall–Kier alpha value is -2.96. The van der Waals surface area contributed by atoms with Crippen LogP contribution in [0.5, 0.6) is 0 Å². The van der Waals surface area contributed by atoms with Crippen molar-refractivity contribution in [3.8, 4) is 0 Å². The third kappa shape index (κ3) is 3.28. The molecule has 7 heteroatoms. The number of aromatic nitrogens is 2. The number of carbonyl (C=O) groups is 2. The second-order valence-corrected chi connectivity index (χ2v) is 5.41. The van der Waals surface area contributed by atoms with Crippen LogP contribution in [0, 0.1) is 0 Å². The third-order valence-electron chi connectivity index (χ3n) is 3.65. The van der Waals surface area contributed by atoms with Crippen molar-refractivity contribution in [1.82, 2.24) is 14.8 Å². The Labute approximate surface area is 132 Å². The van der Waals surface area contributed by atoms with Gasteiger partial charge in [-0.05, 0) is 17.7 Å². The summed E-state index contributed by atoms with van der Waals surface area (Å²) in [4.78, 5) is 23.1. The molecular weight excluding hydrogens is 296 g/mol. The van der Waals surface area contributed by atoms with Gasteiger partial charge in [0.2, 0.25) is 5.91 Å². The molecule has 0 spiro atoms. The summed E-state index contributed by atoms with van der Waals surface area (Å²) in [6.45, 7) is 0.254. The van der Waals surface area contributed by atoms with Crippen LogP contribution < -0.4 is 0 Å². The minimum atomic E-state index is -0.989. The van der Waals surface area contributed by atoms with Crippen LogP contribution in [0.1, 0.15) is 34.3 Å². The monoisotopic (exact) mass is 312 g/mol. The van der Waals surface area contributed by atoms with Gasteiger partial charge in [-0.2, -0.15) is 10.2 Å². The number of nitrogens with zero attached hydrogens (tertiary/aromatic N) is 4. The summed E-state index contributed by atoms with van der Waals surface area (Å²) >= 11 is 0. The van der Waals surface area contributed by atoms with Crippen molar-refractivity contribution in [3.05, 3.63) is 53.3 Å². The number of benzene rings is 1. The number of hydrogen-bond donors (Lipinski definition) is 1. The van der Waals surface area contributed by atoms with E-state index in [0.717, 1.165) is 16.8 Å². The Morgan fingerprint density at radius 2 is 2.17 bits per heavy atom. The number of hydrogen-bond acceptors (Lipinski definition) is 4. The van der Waals surface area contributed by atoms with Crippen LogP contribution in [0.15, 0.2) is 41.8 Å². The molecule has 0 atom stereocenters. The number of aromatic carboxylic acids is 1. The lowest BCUT2D eigenvalue weighted by Crippen LogP contribution is -2.31. The number of amides is 1. The summed E-state index contributed by atoms with van der Waals surface area (Å²) in [6.07, 6.45) is 4.54. The molecule has 0 bridgehead atoms. The Balaban J connectivity index is 1.84. The quantitative estimate of drug-likeness (QED) is 0.929. The highest BCUT2D eigenvalue weighted by Crippen LogP contribution is 2.18. The molecule has 2 heterocycles. The fourth-order valence-corrected chi connectivity index (χ4v) is 2.48. The molecule has 0 fully saturated rings. The van der Waals surface area contributed by atoms with Crippen molar-refractivity contribution in [2.75, 3.05) is 0 Å². The zero-order valence-corrected chi connectivity index (χ0v) is 12.6. The molecule has 1 amide bonds. The van der Waals surface area contributed by atoms with Gasteiger partial charge in [0.15, 0.2) is 0 Å². The fourth-order valence-electron chi connectivity index (χ4n) is 2.48. The van der Waals surface area contributed by atoms with E-state index in [4.69, 9.17) is 5.11 Å². The molecule has 1 N–H and O–H groups in total. The van der Waals surface area contributed by atoms with E-state index in [2.05, 4.69) is 10.2 Å². The van der Waals surface area contributed by atoms with Crippen LogP contribution in [0.25, 0.3) is 0 Å². The predicted molar refractivity (Wildman–Crippen MR) is 82.9 cm³/mol. The molecule has 1 aromatic carbocycles. The molecule has 3 rings (SSSR count). The molecule has 1 aliphatic heterocycles. The number of carboxylic acids is 1. The van der Waals surface area contributed by atoms with E-state index in [1.807, 2.05) is 13.2 Å². The molecule has 7 nitrogen and oxygen atoms in total.